The molecule has 21 heavy (non-hydrogen) atoms. The molecular weight excluding hydrogens is 270 g/mol. The number of anilines is 2. The number of hydrogen-bond acceptors (Lipinski definition) is 6. The summed E-state index contributed by atoms with van der Waals surface area (Å²) in [7, 11) is 3.68. The number of aliphatic carboxylic acids is 1. The van der Waals surface area contributed by atoms with Gasteiger partial charge in [-0.1, -0.05) is 27.7 Å². The molecule has 0 spiro atoms. The van der Waals surface area contributed by atoms with Gasteiger partial charge >= 0.3 is 5.97 Å². The molecule has 0 saturated heterocycles. The Balaban J connectivity index is 3.07. The van der Waals surface area contributed by atoms with Crippen LogP contribution >= 0.6 is 0 Å². The van der Waals surface area contributed by atoms with Crippen molar-refractivity contribution in [1.82, 2.24) is 15.0 Å². The highest BCUT2D eigenvalue weighted by Crippen LogP contribution is 2.17. The normalized spacial score (nSPS) is 12.6. The Kier molecular flexibility index (Phi) is 5.87. The Morgan fingerprint density at radius 2 is 1.81 bits per heavy atom. The molecule has 0 bridgehead atoms. The number of rotatable bonds is 7. The summed E-state index contributed by atoms with van der Waals surface area (Å²) in [5.41, 5.74) is 0. The first kappa shape index (κ1) is 17.1. The smallest absolute Gasteiger partial charge is 0.326 e. The van der Waals surface area contributed by atoms with Crippen LogP contribution in [0.2, 0.25) is 0 Å². The second-order valence-electron chi connectivity index (χ2n) is 6.03. The molecule has 0 aromatic carbocycles. The highest BCUT2D eigenvalue weighted by atomic mass is 16.4. The monoisotopic (exact) mass is 295 g/mol. The Hall–Kier alpha value is -1.92. The molecule has 0 aliphatic heterocycles. The number of nitrogens with zero attached hydrogens (tertiary/aromatic N) is 4. The van der Waals surface area contributed by atoms with Crippen molar-refractivity contribution in [2.24, 2.45) is 5.92 Å². The molecule has 0 saturated carbocycles. The average molecular weight is 295 g/mol. The van der Waals surface area contributed by atoms with Crippen molar-refractivity contribution in [1.29, 1.82) is 0 Å². The van der Waals surface area contributed by atoms with Crippen LogP contribution in [-0.2, 0) is 4.79 Å². The van der Waals surface area contributed by atoms with Crippen LogP contribution in [0.4, 0.5) is 11.9 Å². The molecule has 118 valence electrons. The Labute approximate surface area is 125 Å². The summed E-state index contributed by atoms with van der Waals surface area (Å²) in [5.74, 6) is 0.973. The summed E-state index contributed by atoms with van der Waals surface area (Å²) in [6.45, 7) is 7.94. The Bertz CT molecular complexity index is 462. The summed E-state index contributed by atoms with van der Waals surface area (Å²) in [6, 6.07) is -0.706. The predicted molar refractivity (Wildman–Crippen MR) is 82.7 cm³/mol. The highest BCUT2D eigenvalue weighted by molar-refractivity contribution is 5.76. The summed E-state index contributed by atoms with van der Waals surface area (Å²) < 4.78 is 0. The zero-order valence-corrected chi connectivity index (χ0v) is 13.6. The zero-order chi connectivity index (χ0) is 16.2. The van der Waals surface area contributed by atoms with E-state index in [9.17, 15) is 9.90 Å². The molecule has 0 unspecified atom stereocenters. The van der Waals surface area contributed by atoms with Crippen molar-refractivity contribution in [3.05, 3.63) is 5.82 Å². The number of nitrogens with one attached hydrogen (secondary N) is 1. The lowest BCUT2D eigenvalue weighted by Gasteiger charge is -2.19. The lowest BCUT2D eigenvalue weighted by atomic mass is 10.0. The fourth-order valence-corrected chi connectivity index (χ4v) is 1.75. The van der Waals surface area contributed by atoms with Crippen molar-refractivity contribution in [3.8, 4) is 0 Å². The van der Waals surface area contributed by atoms with Gasteiger partial charge < -0.3 is 15.3 Å². The number of carboxylic acids is 1. The van der Waals surface area contributed by atoms with Crippen molar-refractivity contribution < 1.29 is 9.90 Å². The van der Waals surface area contributed by atoms with E-state index in [1.165, 1.54) is 0 Å². The second kappa shape index (κ2) is 7.19. The van der Waals surface area contributed by atoms with Gasteiger partial charge in [-0.15, -0.1) is 0 Å². The molecule has 1 atom stereocenters. The van der Waals surface area contributed by atoms with E-state index in [0.29, 0.717) is 24.1 Å². The van der Waals surface area contributed by atoms with Crippen LogP contribution in [-0.4, -0.2) is 46.2 Å². The first-order valence-corrected chi connectivity index (χ1v) is 7.13. The minimum absolute atomic E-state index is 0.139. The second-order valence-corrected chi connectivity index (χ2v) is 6.03. The van der Waals surface area contributed by atoms with Gasteiger partial charge in [0.2, 0.25) is 11.9 Å². The van der Waals surface area contributed by atoms with Gasteiger partial charge in [-0.25, -0.2) is 4.79 Å². The van der Waals surface area contributed by atoms with Gasteiger partial charge in [-0.2, -0.15) is 15.0 Å². The van der Waals surface area contributed by atoms with E-state index >= 15 is 0 Å². The standard InChI is InChI=1S/C14H25N5O2/c1-8(2)7-10(12(20)21)15-13-16-11(9(3)4)17-14(18-13)19(5)6/h8-10H,7H2,1-6H3,(H,20,21)(H,15,16,17,18)/t10-/m0/s1. The molecular formula is C14H25N5O2. The van der Waals surface area contributed by atoms with Gasteiger partial charge in [0, 0.05) is 20.0 Å². The van der Waals surface area contributed by atoms with Crippen LogP contribution in [0.15, 0.2) is 0 Å². The maximum Gasteiger partial charge on any atom is 0.326 e. The predicted octanol–water partition coefficient (Wildman–Crippen LogP) is 1.97. The minimum atomic E-state index is -0.901. The molecule has 1 aromatic rings. The largest absolute Gasteiger partial charge is 0.480 e. The lowest BCUT2D eigenvalue weighted by Crippen LogP contribution is -2.32. The molecule has 0 amide bonds. The van der Waals surface area contributed by atoms with Crippen LogP contribution in [0.25, 0.3) is 0 Å². The maximum atomic E-state index is 11.3. The first-order valence-electron chi connectivity index (χ1n) is 7.13. The first-order chi connectivity index (χ1) is 9.70. The van der Waals surface area contributed by atoms with Crippen LogP contribution in [0.1, 0.15) is 45.9 Å². The van der Waals surface area contributed by atoms with Crippen LogP contribution in [0.3, 0.4) is 0 Å². The summed E-state index contributed by atoms with van der Waals surface area (Å²) in [6.07, 6.45) is 0.509. The summed E-state index contributed by atoms with van der Waals surface area (Å²) in [5, 5.41) is 12.2. The summed E-state index contributed by atoms with van der Waals surface area (Å²) >= 11 is 0. The van der Waals surface area contributed by atoms with E-state index in [4.69, 9.17) is 0 Å². The third-order valence-corrected chi connectivity index (χ3v) is 2.87. The third-order valence-electron chi connectivity index (χ3n) is 2.87. The topological polar surface area (TPSA) is 91.2 Å². The molecule has 2 N–H and O–H groups in total. The van der Waals surface area contributed by atoms with E-state index in [0.717, 1.165) is 0 Å². The van der Waals surface area contributed by atoms with Crippen LogP contribution in [0, 0.1) is 5.92 Å². The van der Waals surface area contributed by atoms with E-state index in [1.807, 2.05) is 41.8 Å². The quantitative estimate of drug-likeness (QED) is 0.794. The Morgan fingerprint density at radius 1 is 1.19 bits per heavy atom. The van der Waals surface area contributed by atoms with E-state index in [-0.39, 0.29) is 11.8 Å². The SMILES string of the molecule is CC(C)C[C@H](Nc1nc(C(C)C)nc(N(C)C)n1)C(=O)O. The fourth-order valence-electron chi connectivity index (χ4n) is 1.75. The third kappa shape index (κ3) is 5.17. The van der Waals surface area contributed by atoms with E-state index < -0.39 is 12.0 Å². The molecule has 7 nitrogen and oxygen atoms in total. The lowest BCUT2D eigenvalue weighted by molar-refractivity contribution is -0.138. The number of hydrogen-bond donors (Lipinski definition) is 2. The van der Waals surface area contributed by atoms with Gasteiger partial charge in [0.1, 0.15) is 11.9 Å². The van der Waals surface area contributed by atoms with Crippen LogP contribution in [0.5, 0.6) is 0 Å². The molecule has 0 aliphatic carbocycles. The average Bonchev–Trinajstić information content (AvgIpc) is 2.36. The van der Waals surface area contributed by atoms with Gasteiger partial charge in [0.15, 0.2) is 0 Å². The van der Waals surface area contributed by atoms with Crippen molar-refractivity contribution in [2.75, 3.05) is 24.3 Å². The maximum absolute atomic E-state index is 11.3. The molecule has 0 radical (unpaired) electrons. The minimum Gasteiger partial charge on any atom is -0.480 e. The fraction of sp³-hybridized carbons (Fsp3) is 0.714. The molecule has 7 heteroatoms. The summed E-state index contributed by atoms with van der Waals surface area (Å²) in [4.78, 5) is 26.1. The number of carbonyl (C=O) groups is 1. The molecule has 1 rings (SSSR count). The van der Waals surface area contributed by atoms with Gasteiger partial charge in [0.05, 0.1) is 0 Å². The van der Waals surface area contributed by atoms with Gasteiger partial charge in [-0.05, 0) is 12.3 Å². The molecule has 0 aliphatic rings. The zero-order valence-electron chi connectivity index (χ0n) is 13.6. The van der Waals surface area contributed by atoms with E-state index in [2.05, 4.69) is 20.3 Å². The van der Waals surface area contributed by atoms with Gasteiger partial charge in [-0.3, -0.25) is 0 Å². The number of carboxylic acid groups (broad SMARTS) is 1. The van der Waals surface area contributed by atoms with Crippen molar-refractivity contribution >= 4 is 17.9 Å². The molecule has 1 heterocycles. The Morgan fingerprint density at radius 3 is 2.24 bits per heavy atom. The van der Waals surface area contributed by atoms with E-state index in [1.54, 1.807) is 4.90 Å². The highest BCUT2D eigenvalue weighted by Gasteiger charge is 2.21. The molecule has 1 aromatic heterocycles. The number of aromatic nitrogens is 3. The van der Waals surface area contributed by atoms with Crippen LogP contribution < -0.4 is 10.2 Å². The molecule has 0 fully saturated rings. The van der Waals surface area contributed by atoms with Crippen molar-refractivity contribution in [3.63, 3.8) is 0 Å². The van der Waals surface area contributed by atoms with Crippen molar-refractivity contribution in [2.45, 2.75) is 46.1 Å². The van der Waals surface area contributed by atoms with Gasteiger partial charge in [0.25, 0.3) is 0 Å².